The number of likely N-dealkylation sites (tertiary alicyclic amines) is 1. The number of aromatic nitrogens is 1. The molecule has 0 saturated carbocycles. The van der Waals surface area contributed by atoms with Gasteiger partial charge in [-0.05, 0) is 49.9 Å². The first-order chi connectivity index (χ1) is 15.3. The van der Waals surface area contributed by atoms with Gasteiger partial charge in [0.25, 0.3) is 0 Å². The summed E-state index contributed by atoms with van der Waals surface area (Å²) in [6.45, 7) is 8.45. The summed E-state index contributed by atoms with van der Waals surface area (Å²) < 4.78 is 0. The van der Waals surface area contributed by atoms with Crippen LogP contribution in [0.25, 0.3) is 5.70 Å². The standard InChI is InChI=1S/C25H30N6O/c1-16-4-9-22(14-31(16)15-26)30-18(3)24(17(2)27)25(28)20-7-5-19(6-8-20)12-21-10-11-23(32)13-29-21/h5-8,10-11,13,16,22,32H,2,4,9,12,14,27-28H2,1,3H3. The number of hydrogen-bond donors (Lipinski definition) is 3. The number of rotatable bonds is 6. The predicted octanol–water partition coefficient (Wildman–Crippen LogP) is 3.32. The summed E-state index contributed by atoms with van der Waals surface area (Å²) in [5.74, 6) is 0.150. The second-order valence-electron chi connectivity index (χ2n) is 8.24. The van der Waals surface area contributed by atoms with E-state index < -0.39 is 0 Å². The lowest BCUT2D eigenvalue weighted by Crippen LogP contribution is -2.40. The van der Waals surface area contributed by atoms with Crippen molar-refractivity contribution in [3.05, 3.63) is 77.3 Å². The van der Waals surface area contributed by atoms with Gasteiger partial charge in [-0.15, -0.1) is 0 Å². The predicted molar refractivity (Wildman–Crippen MR) is 127 cm³/mol. The van der Waals surface area contributed by atoms with E-state index in [9.17, 15) is 10.4 Å². The summed E-state index contributed by atoms with van der Waals surface area (Å²) in [6.07, 6.45) is 6.18. The lowest BCUT2D eigenvalue weighted by Gasteiger charge is -2.32. The number of allylic oxidation sites excluding steroid dienone is 1. The molecule has 0 bridgehead atoms. The fourth-order valence-electron chi connectivity index (χ4n) is 3.95. The molecule has 1 aliphatic rings. The molecule has 2 heterocycles. The first kappa shape index (κ1) is 22.9. The molecule has 1 saturated heterocycles. The van der Waals surface area contributed by atoms with Crippen LogP contribution in [0.5, 0.6) is 5.75 Å². The quantitative estimate of drug-likeness (QED) is 0.367. The van der Waals surface area contributed by atoms with Gasteiger partial charge in [-0.3, -0.25) is 9.98 Å². The fourth-order valence-corrected chi connectivity index (χ4v) is 3.95. The molecule has 1 fully saturated rings. The Morgan fingerprint density at radius 2 is 1.97 bits per heavy atom. The second-order valence-corrected chi connectivity index (χ2v) is 8.24. The minimum absolute atomic E-state index is 0.0215. The van der Waals surface area contributed by atoms with Crippen LogP contribution in [0.3, 0.4) is 0 Å². The molecule has 1 aromatic carbocycles. The van der Waals surface area contributed by atoms with Crippen molar-refractivity contribution in [3.8, 4) is 11.9 Å². The van der Waals surface area contributed by atoms with Crippen LogP contribution >= 0.6 is 0 Å². The highest BCUT2D eigenvalue weighted by Crippen LogP contribution is 2.23. The van der Waals surface area contributed by atoms with E-state index >= 15 is 0 Å². The number of nitrogens with zero attached hydrogens (tertiary/aromatic N) is 4. The van der Waals surface area contributed by atoms with Gasteiger partial charge >= 0.3 is 0 Å². The van der Waals surface area contributed by atoms with Gasteiger partial charge in [0.1, 0.15) is 5.75 Å². The van der Waals surface area contributed by atoms with Crippen molar-refractivity contribution in [2.45, 2.75) is 45.2 Å². The Balaban J connectivity index is 1.81. The average molecular weight is 431 g/mol. The third-order valence-corrected chi connectivity index (χ3v) is 5.77. The van der Waals surface area contributed by atoms with E-state index in [1.807, 2.05) is 31.2 Å². The van der Waals surface area contributed by atoms with Crippen molar-refractivity contribution >= 4 is 11.4 Å². The largest absolute Gasteiger partial charge is 0.506 e. The van der Waals surface area contributed by atoms with E-state index in [1.54, 1.807) is 17.0 Å². The lowest BCUT2D eigenvalue weighted by molar-refractivity contribution is 0.219. The van der Waals surface area contributed by atoms with Gasteiger partial charge < -0.3 is 21.5 Å². The molecule has 1 aromatic heterocycles. The Kier molecular flexibility index (Phi) is 7.16. The van der Waals surface area contributed by atoms with Gasteiger partial charge in [0.05, 0.1) is 18.8 Å². The molecule has 3 rings (SSSR count). The molecule has 1 aliphatic heterocycles. The molecule has 7 heteroatoms. The summed E-state index contributed by atoms with van der Waals surface area (Å²) in [5, 5.41) is 18.7. The van der Waals surface area contributed by atoms with Crippen LogP contribution in [0.1, 0.15) is 43.5 Å². The smallest absolute Gasteiger partial charge is 0.179 e. The molecular weight excluding hydrogens is 400 g/mol. The van der Waals surface area contributed by atoms with E-state index in [0.29, 0.717) is 29.9 Å². The first-order valence-corrected chi connectivity index (χ1v) is 10.7. The number of nitrogens with two attached hydrogens (primary N) is 2. The van der Waals surface area contributed by atoms with Crippen LogP contribution in [0.4, 0.5) is 0 Å². The number of aromatic hydroxyl groups is 1. The van der Waals surface area contributed by atoms with Crippen LogP contribution in [0.2, 0.25) is 0 Å². The van der Waals surface area contributed by atoms with Crippen molar-refractivity contribution in [3.63, 3.8) is 0 Å². The van der Waals surface area contributed by atoms with Gasteiger partial charge in [0, 0.05) is 40.8 Å². The van der Waals surface area contributed by atoms with Crippen LogP contribution in [-0.4, -0.2) is 39.3 Å². The number of nitriles is 1. The molecule has 5 N–H and O–H groups in total. The Labute approximate surface area is 189 Å². The van der Waals surface area contributed by atoms with Crippen molar-refractivity contribution in [2.75, 3.05) is 6.54 Å². The van der Waals surface area contributed by atoms with Crippen molar-refractivity contribution in [1.29, 1.82) is 5.26 Å². The highest BCUT2D eigenvalue weighted by atomic mass is 16.3. The van der Waals surface area contributed by atoms with E-state index in [4.69, 9.17) is 16.5 Å². The molecule has 166 valence electrons. The minimum Gasteiger partial charge on any atom is -0.506 e. The Morgan fingerprint density at radius 3 is 2.56 bits per heavy atom. The molecule has 0 spiro atoms. The van der Waals surface area contributed by atoms with Gasteiger partial charge in [0.15, 0.2) is 6.19 Å². The molecule has 0 radical (unpaired) electrons. The Bertz CT molecular complexity index is 1060. The zero-order chi connectivity index (χ0) is 23.3. The van der Waals surface area contributed by atoms with Gasteiger partial charge in [0.2, 0.25) is 0 Å². The van der Waals surface area contributed by atoms with Crippen molar-refractivity contribution in [1.82, 2.24) is 9.88 Å². The molecule has 7 nitrogen and oxygen atoms in total. The highest BCUT2D eigenvalue weighted by Gasteiger charge is 2.25. The van der Waals surface area contributed by atoms with Crippen LogP contribution in [0, 0.1) is 11.5 Å². The maximum Gasteiger partial charge on any atom is 0.179 e. The molecule has 32 heavy (non-hydrogen) atoms. The minimum atomic E-state index is 0.0215. The zero-order valence-corrected chi connectivity index (χ0v) is 18.6. The van der Waals surface area contributed by atoms with Gasteiger partial charge in [-0.25, -0.2) is 0 Å². The Hall–Kier alpha value is -3.79. The molecule has 2 aromatic rings. The van der Waals surface area contributed by atoms with Crippen molar-refractivity contribution in [2.24, 2.45) is 16.5 Å². The second kappa shape index (κ2) is 10.0. The van der Waals surface area contributed by atoms with E-state index in [1.165, 1.54) is 6.20 Å². The number of pyridine rings is 1. The molecule has 2 atom stereocenters. The summed E-state index contributed by atoms with van der Waals surface area (Å²) >= 11 is 0. The average Bonchev–Trinajstić information content (AvgIpc) is 2.77. The maximum atomic E-state index is 9.38. The molecule has 0 aliphatic carbocycles. The Morgan fingerprint density at radius 1 is 1.25 bits per heavy atom. The summed E-state index contributed by atoms with van der Waals surface area (Å²) in [7, 11) is 0. The number of aliphatic imine (C=N–C) groups is 1. The monoisotopic (exact) mass is 430 g/mol. The fraction of sp³-hybridized carbons (Fsp3) is 0.320. The maximum absolute atomic E-state index is 9.38. The number of hydrogen-bond acceptors (Lipinski definition) is 7. The number of piperidine rings is 1. The normalized spacial score (nSPS) is 19.8. The molecule has 0 amide bonds. The highest BCUT2D eigenvalue weighted by molar-refractivity contribution is 6.08. The van der Waals surface area contributed by atoms with Gasteiger partial charge in [-0.2, -0.15) is 5.26 Å². The van der Waals surface area contributed by atoms with E-state index in [2.05, 4.69) is 24.7 Å². The van der Waals surface area contributed by atoms with E-state index in [0.717, 1.165) is 35.4 Å². The summed E-state index contributed by atoms with van der Waals surface area (Å²) in [4.78, 5) is 10.8. The van der Waals surface area contributed by atoms with Crippen LogP contribution in [0.15, 0.2) is 65.4 Å². The first-order valence-electron chi connectivity index (χ1n) is 10.7. The van der Waals surface area contributed by atoms with Crippen LogP contribution in [-0.2, 0) is 6.42 Å². The van der Waals surface area contributed by atoms with Crippen LogP contribution < -0.4 is 11.5 Å². The lowest BCUT2D eigenvalue weighted by atomic mass is 9.97. The summed E-state index contributed by atoms with van der Waals surface area (Å²) in [5.41, 5.74) is 17.6. The SMILES string of the molecule is C=C(N)C(C(C)=NC1CCC(C)N(C#N)C1)=C(N)c1ccc(Cc2ccc(O)cn2)cc1. The third kappa shape index (κ3) is 5.46. The topological polar surface area (TPSA) is 125 Å². The zero-order valence-electron chi connectivity index (χ0n) is 18.6. The molecule has 2 unspecified atom stereocenters. The summed E-state index contributed by atoms with van der Waals surface area (Å²) in [6, 6.07) is 11.6. The van der Waals surface area contributed by atoms with Gasteiger partial charge in [-0.1, -0.05) is 30.8 Å². The van der Waals surface area contributed by atoms with Crippen molar-refractivity contribution < 1.29 is 5.11 Å². The third-order valence-electron chi connectivity index (χ3n) is 5.77. The number of benzene rings is 1. The molecular formula is C25H30N6O. The van der Waals surface area contributed by atoms with E-state index in [-0.39, 0.29) is 17.8 Å².